The first-order valence-electron chi connectivity index (χ1n) is 31.6. The number of rotatable bonds is 15. The lowest BCUT2D eigenvalue weighted by Crippen LogP contribution is -2.69. The number of carbonyl (C=O) groups excluding carboxylic acids is 2. The van der Waals surface area contributed by atoms with E-state index in [1.807, 2.05) is 13.8 Å². The predicted molar refractivity (Wildman–Crippen MR) is 298 cm³/mol. The highest BCUT2D eigenvalue weighted by Crippen LogP contribution is 2.76. The molecule has 10 rings (SSSR count). The van der Waals surface area contributed by atoms with Gasteiger partial charge in [0.25, 0.3) is 0 Å². The first-order valence-corrected chi connectivity index (χ1v) is 31.6. The third kappa shape index (κ3) is 11.8. The molecule has 10 aliphatic rings. The highest BCUT2D eigenvalue weighted by Gasteiger charge is 2.73. The van der Waals surface area contributed by atoms with Crippen molar-refractivity contribution >= 4 is 11.9 Å². The van der Waals surface area contributed by atoms with Gasteiger partial charge in [0.1, 0.15) is 127 Å². The maximum absolute atomic E-state index is 15.7. The minimum atomic E-state index is -2.22. The van der Waals surface area contributed by atoms with Crippen LogP contribution in [0.1, 0.15) is 99.3 Å². The Bertz CT molecular complexity index is 2580. The van der Waals surface area contributed by atoms with Crippen LogP contribution in [0.25, 0.3) is 0 Å². The van der Waals surface area contributed by atoms with E-state index in [2.05, 4.69) is 26.8 Å². The fourth-order valence-corrected chi connectivity index (χ4v) is 17.8. The lowest BCUT2D eigenvalue weighted by atomic mass is 9.33. The molecule has 0 aromatic rings. The van der Waals surface area contributed by atoms with E-state index in [1.54, 1.807) is 6.92 Å². The van der Waals surface area contributed by atoms with Crippen molar-refractivity contribution in [2.24, 2.45) is 50.2 Å². The molecule has 19 N–H and O–H groups in total. The zero-order valence-corrected chi connectivity index (χ0v) is 51.7. The van der Waals surface area contributed by atoms with Crippen molar-refractivity contribution in [1.29, 1.82) is 0 Å². The Morgan fingerprint density at radius 2 is 0.934 bits per heavy atom. The lowest BCUT2D eigenvalue weighted by molar-refractivity contribution is -0.378. The maximum Gasteiger partial charge on any atom is 0.317 e. The largest absolute Gasteiger partial charge is 0.432 e. The normalized spacial score (nSPS) is 54.0. The van der Waals surface area contributed by atoms with Gasteiger partial charge in [-0.1, -0.05) is 46.3 Å². The zero-order valence-electron chi connectivity index (χ0n) is 51.7. The van der Waals surface area contributed by atoms with Crippen LogP contribution in [-0.4, -0.2) is 308 Å². The quantitative estimate of drug-likeness (QED) is 0.0535. The van der Waals surface area contributed by atoms with Crippen LogP contribution >= 0.6 is 0 Å². The molecule has 5 heterocycles. The summed E-state index contributed by atoms with van der Waals surface area (Å²) in [4.78, 5) is 30.4. The Morgan fingerprint density at radius 3 is 1.48 bits per heavy atom. The van der Waals surface area contributed by atoms with E-state index < -0.39 is 255 Å². The topological polar surface area (TPSA) is 511 Å². The number of carbonyl (C=O) groups is 2. The summed E-state index contributed by atoms with van der Waals surface area (Å²) in [5.74, 6) is -3.41. The SMILES string of the molecule is CC1(C)CC[C@]2(C(=O)O[C@@H]3O[C@H](CO[C@@H]4O[C@H](CO)[C@@H](O)[C@H](O)[C@H]4O[C@@H]4O[C@H](CO)[C@@H](O)[C@H](O)[C@H]4O)[C@@H](O)[C@H](O[C@@H]4O[C@H](CO)[C@@H](O)[C@H](O)[C@H]4O)C3O)C(O)C[C@]3(C)C(=CC[C@@H]4[C@@]5(C)CC[C@H](O)[C@@](C)(C(=O)O[C@@H]6O[C@H](CO)[C@@H](O)[C@H](O)[C@H]6O)[C@@H]5CC[C@]43C)[C@@H]2C1. The van der Waals surface area contributed by atoms with Crippen LogP contribution in [0.4, 0.5) is 0 Å². The Hall–Kier alpha value is -2.40. The highest BCUT2D eigenvalue weighted by atomic mass is 16.8. The summed E-state index contributed by atoms with van der Waals surface area (Å²) in [6.45, 7) is 7.61. The molecule has 0 radical (unpaired) electrons. The van der Waals surface area contributed by atoms with Gasteiger partial charge in [-0.25, -0.2) is 0 Å². The maximum atomic E-state index is 15.7. The van der Waals surface area contributed by atoms with Gasteiger partial charge in [-0.15, -0.1) is 0 Å². The third-order valence-corrected chi connectivity index (χ3v) is 23.6. The molecule has 0 amide bonds. The van der Waals surface area contributed by atoms with E-state index in [0.29, 0.717) is 38.5 Å². The number of hydrogen-bond donors (Lipinski definition) is 19. The highest BCUT2D eigenvalue weighted by molar-refractivity contribution is 5.80. The summed E-state index contributed by atoms with van der Waals surface area (Å²) in [5.41, 5.74) is -5.09. The van der Waals surface area contributed by atoms with Crippen LogP contribution in [0.15, 0.2) is 11.6 Å². The van der Waals surface area contributed by atoms with Gasteiger partial charge in [0, 0.05) is 0 Å². The second-order valence-electron chi connectivity index (χ2n) is 29.0. The monoisotopic (exact) mass is 1310 g/mol. The van der Waals surface area contributed by atoms with Gasteiger partial charge in [-0.2, -0.15) is 0 Å². The zero-order chi connectivity index (χ0) is 66.7. The molecule has 35 atom stereocenters. The fraction of sp³-hybridized carbons (Fsp3) is 0.933. The van der Waals surface area contributed by atoms with Crippen molar-refractivity contribution < 1.29 is 154 Å². The summed E-state index contributed by atoms with van der Waals surface area (Å²) in [7, 11) is 0. The molecule has 0 aromatic heterocycles. The first-order chi connectivity index (χ1) is 42.6. The van der Waals surface area contributed by atoms with E-state index in [0.717, 1.165) is 5.57 Å². The van der Waals surface area contributed by atoms with Gasteiger partial charge < -0.3 is 144 Å². The van der Waals surface area contributed by atoms with Crippen LogP contribution in [-0.2, 0) is 57.0 Å². The van der Waals surface area contributed by atoms with E-state index in [4.69, 9.17) is 47.4 Å². The second-order valence-corrected chi connectivity index (χ2v) is 29.0. The molecule has 31 heteroatoms. The second kappa shape index (κ2) is 26.5. The molecular formula is C60H96O31. The lowest BCUT2D eigenvalue weighted by Gasteiger charge is -2.71. The smallest absolute Gasteiger partial charge is 0.317 e. The molecule has 91 heavy (non-hydrogen) atoms. The van der Waals surface area contributed by atoms with Crippen molar-refractivity contribution in [2.75, 3.05) is 33.0 Å². The standard InChI is InChI=1S/C60H96O31/c1-55(2)13-14-60(23(15-55)22-7-8-29-56(3)11-10-31(65)59(6,30(56)9-12-57(29,4)58(22,5)16-32(60)66)53(80)90-50-44(78)40(74)35(69)26(19-63)85-50)54(81)91-51-45(79)46(88-48-42(76)38(72)33(67)24(17-61)83-48)37(71)28(87-51)21-82-52-47(41(75)36(70)27(20-64)86-52)89-49-43(77)39(73)34(68)25(18-62)84-49/h7,23-52,61-79H,8-21H2,1-6H3/t23-,24+,25+,26+,27+,28+,29+,30+,31-,32?,33+,34+,35+,36+,37+,38-,39-,40-,41-,42+,43+,44+,45?,46-,47+,48-,49-,50-,51-,52+,56+,57+,58+,59-,60+/m0/s1. The van der Waals surface area contributed by atoms with E-state index >= 15 is 4.79 Å². The first kappa shape index (κ1) is 71.4. The van der Waals surface area contributed by atoms with E-state index in [1.165, 1.54) is 0 Å². The van der Waals surface area contributed by atoms with Crippen molar-refractivity contribution in [3.05, 3.63) is 11.6 Å². The van der Waals surface area contributed by atoms with Crippen LogP contribution in [0.2, 0.25) is 0 Å². The molecular weight excluding hydrogens is 1220 g/mol. The van der Waals surface area contributed by atoms with Crippen molar-refractivity contribution in [2.45, 2.75) is 265 Å². The number of fused-ring (bicyclic) bond motifs is 7. The van der Waals surface area contributed by atoms with Crippen molar-refractivity contribution in [3.8, 4) is 0 Å². The predicted octanol–water partition coefficient (Wildman–Crippen LogP) is -6.74. The Balaban J connectivity index is 0.942. The summed E-state index contributed by atoms with van der Waals surface area (Å²) in [5, 5.41) is 208. The van der Waals surface area contributed by atoms with Crippen LogP contribution < -0.4 is 0 Å². The molecule has 0 spiro atoms. The Kier molecular flexibility index (Phi) is 20.7. The van der Waals surface area contributed by atoms with Crippen LogP contribution in [0.5, 0.6) is 0 Å². The van der Waals surface area contributed by atoms with E-state index in [-0.39, 0.29) is 25.2 Å². The number of hydrogen-bond acceptors (Lipinski definition) is 31. The van der Waals surface area contributed by atoms with Gasteiger partial charge in [-0.3, -0.25) is 9.59 Å². The average molecular weight is 1310 g/mol. The van der Waals surface area contributed by atoms with Gasteiger partial charge in [0.2, 0.25) is 12.6 Å². The molecule has 0 bridgehead atoms. The average Bonchev–Trinajstić information content (AvgIpc) is 0.672. The summed E-state index contributed by atoms with van der Waals surface area (Å²) in [6, 6.07) is 0. The Labute approximate surface area is 524 Å². The summed E-state index contributed by atoms with van der Waals surface area (Å²) in [6.07, 6.45) is -44.9. The number of allylic oxidation sites excluding steroid dienone is 2. The minimum Gasteiger partial charge on any atom is -0.432 e. The number of esters is 2. The molecule has 5 aliphatic carbocycles. The number of aliphatic hydroxyl groups excluding tert-OH is 19. The van der Waals surface area contributed by atoms with Gasteiger partial charge in [0.05, 0.1) is 50.7 Å². The van der Waals surface area contributed by atoms with Gasteiger partial charge in [-0.05, 0) is 104 Å². The molecule has 31 nitrogen and oxygen atoms in total. The van der Waals surface area contributed by atoms with Crippen LogP contribution in [0.3, 0.4) is 0 Å². The van der Waals surface area contributed by atoms with Gasteiger partial charge in [0.15, 0.2) is 18.9 Å². The summed E-state index contributed by atoms with van der Waals surface area (Å²) < 4.78 is 58.4. The third-order valence-electron chi connectivity index (χ3n) is 23.6. The molecule has 0 aromatic carbocycles. The Morgan fingerprint density at radius 1 is 0.462 bits per heavy atom. The number of ether oxygens (including phenoxy) is 10. The van der Waals surface area contributed by atoms with Crippen molar-refractivity contribution in [3.63, 3.8) is 0 Å². The molecule has 5 saturated heterocycles. The number of aliphatic hydroxyl groups is 19. The van der Waals surface area contributed by atoms with E-state index in [9.17, 15) is 102 Å². The fourth-order valence-electron chi connectivity index (χ4n) is 17.8. The molecule has 2 unspecified atom stereocenters. The van der Waals surface area contributed by atoms with Crippen LogP contribution in [0, 0.1) is 50.2 Å². The minimum absolute atomic E-state index is 0.00683. The molecule has 9 fully saturated rings. The summed E-state index contributed by atoms with van der Waals surface area (Å²) >= 11 is 0. The van der Waals surface area contributed by atoms with Gasteiger partial charge >= 0.3 is 11.9 Å². The molecule has 522 valence electrons. The molecule has 5 aliphatic heterocycles. The van der Waals surface area contributed by atoms with Crippen molar-refractivity contribution in [1.82, 2.24) is 0 Å². The molecule has 4 saturated carbocycles.